The number of ether oxygens (including phenoxy) is 2. The molecule has 0 atom stereocenters. The lowest BCUT2D eigenvalue weighted by atomic mass is 10.3. The normalized spacial score (nSPS) is 9.71. The van der Waals surface area contributed by atoms with Gasteiger partial charge in [0.2, 0.25) is 0 Å². The van der Waals surface area contributed by atoms with Crippen molar-refractivity contribution < 1.29 is 9.47 Å². The van der Waals surface area contributed by atoms with E-state index in [1.807, 2.05) is 17.0 Å². The van der Waals surface area contributed by atoms with Crippen LogP contribution in [0.3, 0.4) is 0 Å². The van der Waals surface area contributed by atoms with E-state index in [9.17, 15) is 0 Å². The molecule has 92 valence electrons. The number of anilines is 1. The first-order chi connectivity index (χ1) is 8.31. The van der Waals surface area contributed by atoms with Crippen molar-refractivity contribution in [3.05, 3.63) is 18.3 Å². The smallest absolute Gasteiger partial charge is 0.137 e. The average Bonchev–Trinajstić information content (AvgIpc) is 2.39. The van der Waals surface area contributed by atoms with Crippen LogP contribution in [0, 0.1) is 11.3 Å². The minimum Gasteiger partial charge on any atom is -0.495 e. The van der Waals surface area contributed by atoms with Crippen LogP contribution in [0.2, 0.25) is 0 Å². The van der Waals surface area contributed by atoms with Crippen molar-refractivity contribution >= 4 is 5.82 Å². The van der Waals surface area contributed by atoms with E-state index in [4.69, 9.17) is 14.7 Å². The highest BCUT2D eigenvalue weighted by Crippen LogP contribution is 2.15. The van der Waals surface area contributed by atoms with Crippen LogP contribution in [-0.4, -0.2) is 38.9 Å². The highest BCUT2D eigenvalue weighted by Gasteiger charge is 2.07. The number of methoxy groups -OCH3 is 2. The Morgan fingerprint density at radius 3 is 2.71 bits per heavy atom. The summed E-state index contributed by atoms with van der Waals surface area (Å²) in [6.45, 7) is 1.98. The first kappa shape index (κ1) is 13.3. The highest BCUT2D eigenvalue weighted by atomic mass is 16.5. The van der Waals surface area contributed by atoms with Gasteiger partial charge in [0.15, 0.2) is 0 Å². The number of nitriles is 1. The van der Waals surface area contributed by atoms with Gasteiger partial charge in [0.25, 0.3) is 0 Å². The number of aromatic nitrogens is 1. The molecule has 0 radical (unpaired) electrons. The van der Waals surface area contributed by atoms with Gasteiger partial charge in [-0.15, -0.1) is 0 Å². The molecule has 0 saturated carbocycles. The highest BCUT2D eigenvalue weighted by molar-refractivity contribution is 5.40. The van der Waals surface area contributed by atoms with Gasteiger partial charge >= 0.3 is 0 Å². The Morgan fingerprint density at radius 1 is 1.35 bits per heavy atom. The maximum atomic E-state index is 8.62. The van der Waals surface area contributed by atoms with Crippen LogP contribution in [0.25, 0.3) is 0 Å². The lowest BCUT2D eigenvalue weighted by Gasteiger charge is -2.22. The molecule has 0 aliphatic rings. The number of nitrogens with zero attached hydrogens (tertiary/aromatic N) is 3. The van der Waals surface area contributed by atoms with Crippen LogP contribution in [0.4, 0.5) is 5.82 Å². The molecule has 1 aromatic heterocycles. The van der Waals surface area contributed by atoms with Gasteiger partial charge in [-0.1, -0.05) is 0 Å². The molecule has 5 nitrogen and oxygen atoms in total. The SMILES string of the molecule is COCCN(CCC#N)c1ccc(OC)cn1. The Labute approximate surface area is 102 Å². The van der Waals surface area contributed by atoms with E-state index in [-0.39, 0.29) is 0 Å². The summed E-state index contributed by atoms with van der Waals surface area (Å²) in [4.78, 5) is 6.31. The van der Waals surface area contributed by atoms with E-state index >= 15 is 0 Å². The molecule has 0 aliphatic heterocycles. The van der Waals surface area contributed by atoms with Gasteiger partial charge in [0, 0.05) is 20.2 Å². The first-order valence-corrected chi connectivity index (χ1v) is 5.42. The molecule has 0 aliphatic carbocycles. The second-order valence-corrected chi connectivity index (χ2v) is 3.44. The van der Waals surface area contributed by atoms with Gasteiger partial charge in [-0.05, 0) is 12.1 Å². The van der Waals surface area contributed by atoms with Crippen molar-refractivity contribution in [1.82, 2.24) is 4.98 Å². The van der Waals surface area contributed by atoms with Crippen molar-refractivity contribution in [2.24, 2.45) is 0 Å². The fourth-order valence-corrected chi connectivity index (χ4v) is 1.41. The summed E-state index contributed by atoms with van der Waals surface area (Å²) in [5, 5.41) is 8.62. The first-order valence-electron chi connectivity index (χ1n) is 5.42. The van der Waals surface area contributed by atoms with Gasteiger partial charge in [-0.2, -0.15) is 5.26 Å². The molecule has 17 heavy (non-hydrogen) atoms. The number of pyridine rings is 1. The summed E-state index contributed by atoms with van der Waals surface area (Å²) in [6.07, 6.45) is 2.14. The largest absolute Gasteiger partial charge is 0.495 e. The predicted molar refractivity (Wildman–Crippen MR) is 65.1 cm³/mol. The fraction of sp³-hybridized carbons (Fsp3) is 0.500. The maximum absolute atomic E-state index is 8.62. The third-order valence-corrected chi connectivity index (χ3v) is 2.34. The molecule has 0 spiro atoms. The van der Waals surface area contributed by atoms with Crippen LogP contribution < -0.4 is 9.64 Å². The van der Waals surface area contributed by atoms with Crippen LogP contribution in [-0.2, 0) is 4.74 Å². The van der Waals surface area contributed by atoms with Gasteiger partial charge in [-0.25, -0.2) is 4.98 Å². The summed E-state index contributed by atoms with van der Waals surface area (Å²) in [5.41, 5.74) is 0. The van der Waals surface area contributed by atoms with E-state index in [2.05, 4.69) is 11.1 Å². The Hall–Kier alpha value is -1.80. The second kappa shape index (κ2) is 7.47. The zero-order valence-corrected chi connectivity index (χ0v) is 10.2. The summed E-state index contributed by atoms with van der Waals surface area (Å²) < 4.78 is 10.1. The maximum Gasteiger partial charge on any atom is 0.137 e. The zero-order chi connectivity index (χ0) is 12.5. The van der Waals surface area contributed by atoms with E-state index in [0.717, 1.165) is 18.1 Å². The molecule has 0 N–H and O–H groups in total. The minimum atomic E-state index is 0.470. The Morgan fingerprint density at radius 2 is 2.18 bits per heavy atom. The molecule has 1 rings (SSSR count). The molecular formula is C12H17N3O2. The van der Waals surface area contributed by atoms with Crippen LogP contribution >= 0.6 is 0 Å². The van der Waals surface area contributed by atoms with E-state index in [0.29, 0.717) is 19.6 Å². The lowest BCUT2D eigenvalue weighted by molar-refractivity contribution is 0.205. The molecule has 0 fully saturated rings. The molecule has 1 heterocycles. The number of hydrogen-bond donors (Lipinski definition) is 0. The third-order valence-electron chi connectivity index (χ3n) is 2.34. The van der Waals surface area contributed by atoms with Gasteiger partial charge in [0.05, 0.1) is 32.4 Å². The molecule has 5 heteroatoms. The monoisotopic (exact) mass is 235 g/mol. The van der Waals surface area contributed by atoms with E-state index < -0.39 is 0 Å². The number of hydrogen-bond acceptors (Lipinski definition) is 5. The van der Waals surface area contributed by atoms with Gasteiger partial charge < -0.3 is 14.4 Å². The predicted octanol–water partition coefficient (Wildman–Crippen LogP) is 1.46. The topological polar surface area (TPSA) is 58.4 Å². The quantitative estimate of drug-likeness (QED) is 0.716. The van der Waals surface area contributed by atoms with Gasteiger partial charge in [0.1, 0.15) is 11.6 Å². The summed E-state index contributed by atoms with van der Waals surface area (Å²) >= 11 is 0. The second-order valence-electron chi connectivity index (χ2n) is 3.44. The Bertz CT molecular complexity index is 359. The fourth-order valence-electron chi connectivity index (χ4n) is 1.41. The zero-order valence-electron chi connectivity index (χ0n) is 10.2. The summed E-state index contributed by atoms with van der Waals surface area (Å²) in [5.74, 6) is 1.55. The molecule has 0 bridgehead atoms. The van der Waals surface area contributed by atoms with Crippen molar-refractivity contribution in [2.45, 2.75) is 6.42 Å². The van der Waals surface area contributed by atoms with Crippen LogP contribution in [0.15, 0.2) is 18.3 Å². The summed E-state index contributed by atoms with van der Waals surface area (Å²) in [7, 11) is 3.26. The van der Waals surface area contributed by atoms with E-state index in [1.165, 1.54) is 0 Å². The average molecular weight is 235 g/mol. The molecule has 1 aromatic rings. The number of rotatable bonds is 7. The Kier molecular flexibility index (Phi) is 5.83. The lowest BCUT2D eigenvalue weighted by Crippen LogP contribution is -2.28. The summed E-state index contributed by atoms with van der Waals surface area (Å²) in [6, 6.07) is 5.87. The third kappa shape index (κ3) is 4.29. The van der Waals surface area contributed by atoms with Crippen LogP contribution in [0.1, 0.15) is 6.42 Å². The molecule has 0 unspecified atom stereocenters. The Balaban J connectivity index is 2.69. The van der Waals surface area contributed by atoms with E-state index in [1.54, 1.807) is 20.4 Å². The van der Waals surface area contributed by atoms with Crippen molar-refractivity contribution in [2.75, 3.05) is 38.8 Å². The molecule has 0 saturated heterocycles. The molecule has 0 amide bonds. The van der Waals surface area contributed by atoms with Crippen molar-refractivity contribution in [1.29, 1.82) is 5.26 Å². The minimum absolute atomic E-state index is 0.470. The van der Waals surface area contributed by atoms with Gasteiger partial charge in [-0.3, -0.25) is 0 Å². The standard InChI is InChI=1S/C12H17N3O2/c1-16-9-8-15(7-3-6-13)12-5-4-11(17-2)10-14-12/h4-5,10H,3,7-9H2,1-2H3. The molecular weight excluding hydrogens is 218 g/mol. The van der Waals surface area contributed by atoms with Crippen molar-refractivity contribution in [3.8, 4) is 11.8 Å². The molecule has 0 aromatic carbocycles. The van der Waals surface area contributed by atoms with Crippen molar-refractivity contribution in [3.63, 3.8) is 0 Å². The van der Waals surface area contributed by atoms with Crippen LogP contribution in [0.5, 0.6) is 5.75 Å².